The molecule has 1 heterocycles. The second-order valence-corrected chi connectivity index (χ2v) is 5.36. The predicted octanol–water partition coefficient (Wildman–Crippen LogP) is 1.28. The summed E-state index contributed by atoms with van der Waals surface area (Å²) >= 11 is 0. The third kappa shape index (κ3) is 7.69. The highest BCUT2D eigenvalue weighted by molar-refractivity contribution is 5.87. The van der Waals surface area contributed by atoms with Crippen molar-refractivity contribution in [2.45, 2.75) is 26.1 Å². The maximum Gasteiger partial charge on any atom is 0.508 e. The molecule has 0 radical (unpaired) electrons. The van der Waals surface area contributed by atoms with E-state index in [-0.39, 0.29) is 37.6 Å². The first-order chi connectivity index (χ1) is 12.2. The number of carbonyl (C=O) groups excluding carboxylic acids is 4. The molecule has 0 saturated carbocycles. The lowest BCUT2D eigenvalue weighted by Crippen LogP contribution is -2.32. The van der Waals surface area contributed by atoms with Crippen molar-refractivity contribution in [2.24, 2.45) is 0 Å². The number of esters is 2. The van der Waals surface area contributed by atoms with E-state index in [1.165, 1.54) is 13.8 Å². The van der Waals surface area contributed by atoms with Gasteiger partial charge in [-0.3, -0.25) is 0 Å². The van der Waals surface area contributed by atoms with Crippen molar-refractivity contribution in [3.8, 4) is 0 Å². The lowest BCUT2D eigenvalue weighted by atomic mass is 10.3. The molecule has 10 heteroatoms. The largest absolute Gasteiger partial charge is 0.508 e. The van der Waals surface area contributed by atoms with E-state index < -0.39 is 36.5 Å². The minimum absolute atomic E-state index is 0.0536. The average molecular weight is 372 g/mol. The minimum Gasteiger partial charge on any atom is -0.458 e. The Balaban J connectivity index is 2.49. The molecular formula is C16H20O10. The van der Waals surface area contributed by atoms with E-state index in [1.54, 1.807) is 0 Å². The fourth-order valence-electron chi connectivity index (χ4n) is 1.48. The van der Waals surface area contributed by atoms with Gasteiger partial charge in [0.2, 0.25) is 0 Å². The molecular weight excluding hydrogens is 352 g/mol. The second-order valence-electron chi connectivity index (χ2n) is 5.36. The molecule has 0 spiro atoms. The molecule has 10 nitrogen and oxygen atoms in total. The van der Waals surface area contributed by atoms with Gasteiger partial charge in [-0.25, -0.2) is 19.2 Å². The van der Waals surface area contributed by atoms with Gasteiger partial charge in [0, 0.05) is 11.1 Å². The van der Waals surface area contributed by atoms with E-state index in [9.17, 15) is 19.2 Å². The van der Waals surface area contributed by atoms with Gasteiger partial charge in [0.05, 0.1) is 0 Å². The Hall–Kier alpha value is -3.04. The molecule has 0 bridgehead atoms. The number of cyclic esters (lactones) is 2. The number of rotatable bonds is 9. The van der Waals surface area contributed by atoms with Crippen molar-refractivity contribution >= 4 is 24.2 Å². The predicted molar refractivity (Wildman–Crippen MR) is 84.0 cm³/mol. The molecule has 0 N–H and O–H groups in total. The van der Waals surface area contributed by atoms with Crippen LogP contribution in [-0.2, 0) is 38.0 Å². The van der Waals surface area contributed by atoms with Crippen LogP contribution in [-0.4, -0.2) is 62.9 Å². The zero-order valence-electron chi connectivity index (χ0n) is 14.5. The molecule has 1 aliphatic heterocycles. The Kier molecular flexibility index (Phi) is 8.13. The van der Waals surface area contributed by atoms with E-state index in [0.717, 1.165) is 0 Å². The fraction of sp³-hybridized carbons (Fsp3) is 0.500. The summed E-state index contributed by atoms with van der Waals surface area (Å²) in [5.74, 6) is -1.40. The topological polar surface area (TPSA) is 124 Å². The molecule has 1 unspecified atom stereocenters. The highest BCUT2D eigenvalue weighted by atomic mass is 16.8. The van der Waals surface area contributed by atoms with Crippen molar-refractivity contribution in [1.29, 1.82) is 0 Å². The lowest BCUT2D eigenvalue weighted by molar-refractivity contribution is -0.148. The van der Waals surface area contributed by atoms with E-state index >= 15 is 0 Å². The minimum atomic E-state index is -1.13. The Morgan fingerprint density at radius 3 is 2.04 bits per heavy atom. The summed E-state index contributed by atoms with van der Waals surface area (Å²) in [6, 6.07) is 0. The maximum atomic E-state index is 11.7. The summed E-state index contributed by atoms with van der Waals surface area (Å²) in [5.41, 5.74) is 0.293. The third-order valence-corrected chi connectivity index (χ3v) is 2.80. The number of hydrogen-bond donors (Lipinski definition) is 0. The maximum absolute atomic E-state index is 11.7. The molecule has 0 aromatic carbocycles. The molecule has 0 aliphatic carbocycles. The van der Waals surface area contributed by atoms with Crippen LogP contribution in [0.15, 0.2) is 24.3 Å². The van der Waals surface area contributed by atoms with Crippen LogP contribution in [0.2, 0.25) is 0 Å². The van der Waals surface area contributed by atoms with Crippen molar-refractivity contribution in [3.05, 3.63) is 24.3 Å². The van der Waals surface area contributed by atoms with Crippen LogP contribution in [0.5, 0.6) is 0 Å². The van der Waals surface area contributed by atoms with Gasteiger partial charge in [-0.15, -0.1) is 0 Å². The fourth-order valence-corrected chi connectivity index (χ4v) is 1.48. The van der Waals surface area contributed by atoms with Gasteiger partial charge in [-0.1, -0.05) is 13.2 Å². The molecule has 1 fully saturated rings. The molecule has 0 aromatic rings. The number of hydrogen-bond acceptors (Lipinski definition) is 10. The van der Waals surface area contributed by atoms with Crippen LogP contribution < -0.4 is 0 Å². The smallest absolute Gasteiger partial charge is 0.458 e. The van der Waals surface area contributed by atoms with Crippen LogP contribution in [0.4, 0.5) is 9.59 Å². The summed E-state index contributed by atoms with van der Waals surface area (Å²) in [5, 5.41) is 0. The van der Waals surface area contributed by atoms with E-state index in [4.69, 9.17) is 18.9 Å². The molecule has 0 aromatic heterocycles. The molecule has 26 heavy (non-hydrogen) atoms. The van der Waals surface area contributed by atoms with Gasteiger partial charge in [-0.2, -0.15) is 0 Å². The van der Waals surface area contributed by atoms with Crippen molar-refractivity contribution < 1.29 is 47.6 Å². The Bertz CT molecular complexity index is 564. The highest BCUT2D eigenvalue weighted by Gasteiger charge is 2.27. The summed E-state index contributed by atoms with van der Waals surface area (Å²) < 4.78 is 28.7. The average Bonchev–Trinajstić information content (AvgIpc) is 2.99. The molecule has 1 atom stereocenters. The van der Waals surface area contributed by atoms with Crippen LogP contribution in [0.3, 0.4) is 0 Å². The van der Waals surface area contributed by atoms with Crippen LogP contribution in [0.25, 0.3) is 0 Å². The standard InChI is InChI=1S/C16H20O10/c1-9(2)13(17)21-5-11(6-22-14(18)10(3)4)25-15(19)23-7-12-8-24-16(20)26-12/h11-12H,1,3,5-8H2,2,4H3. The Morgan fingerprint density at radius 2 is 1.62 bits per heavy atom. The first-order valence-electron chi connectivity index (χ1n) is 7.51. The van der Waals surface area contributed by atoms with Crippen LogP contribution in [0.1, 0.15) is 13.8 Å². The monoisotopic (exact) mass is 372 g/mol. The van der Waals surface area contributed by atoms with Gasteiger partial charge >= 0.3 is 24.2 Å². The molecule has 1 rings (SSSR count). The van der Waals surface area contributed by atoms with Gasteiger partial charge < -0.3 is 28.4 Å². The van der Waals surface area contributed by atoms with Crippen molar-refractivity contribution in [2.75, 3.05) is 26.4 Å². The first-order valence-corrected chi connectivity index (χ1v) is 7.51. The summed E-state index contributed by atoms with van der Waals surface area (Å²) in [7, 11) is 0. The van der Waals surface area contributed by atoms with Crippen LogP contribution in [0, 0.1) is 0 Å². The normalized spacial score (nSPS) is 15.5. The van der Waals surface area contributed by atoms with Gasteiger partial charge in [-0.05, 0) is 13.8 Å². The third-order valence-electron chi connectivity index (χ3n) is 2.80. The Morgan fingerprint density at radius 1 is 1.08 bits per heavy atom. The SMILES string of the molecule is C=C(C)C(=O)OCC(COC(=O)C(=C)C)OC(=O)OCC1COC(=O)O1. The molecule has 144 valence electrons. The van der Waals surface area contributed by atoms with Crippen LogP contribution >= 0.6 is 0 Å². The Labute approximate surface area is 149 Å². The summed E-state index contributed by atoms with van der Waals surface area (Å²) in [6.07, 6.45) is -3.84. The van der Waals surface area contributed by atoms with Crippen molar-refractivity contribution in [3.63, 3.8) is 0 Å². The highest BCUT2D eigenvalue weighted by Crippen LogP contribution is 2.08. The molecule has 1 saturated heterocycles. The molecule has 0 amide bonds. The number of ether oxygens (including phenoxy) is 6. The van der Waals surface area contributed by atoms with E-state index in [0.29, 0.717) is 0 Å². The van der Waals surface area contributed by atoms with Gasteiger partial charge in [0.25, 0.3) is 0 Å². The van der Waals surface area contributed by atoms with Gasteiger partial charge in [0.1, 0.15) is 26.4 Å². The van der Waals surface area contributed by atoms with Crippen molar-refractivity contribution in [1.82, 2.24) is 0 Å². The quantitative estimate of drug-likeness (QED) is 0.332. The van der Waals surface area contributed by atoms with Gasteiger partial charge in [0.15, 0.2) is 12.2 Å². The summed E-state index contributed by atoms with van der Waals surface area (Å²) in [6.45, 7) is 8.61. The van der Waals surface area contributed by atoms with E-state index in [1.807, 2.05) is 0 Å². The number of carbonyl (C=O) groups is 4. The second kappa shape index (κ2) is 10.1. The zero-order valence-corrected chi connectivity index (χ0v) is 14.5. The zero-order chi connectivity index (χ0) is 19.7. The summed E-state index contributed by atoms with van der Waals surface area (Å²) in [4.78, 5) is 45.3. The molecule has 1 aliphatic rings. The van der Waals surface area contributed by atoms with E-state index in [2.05, 4.69) is 22.6 Å². The lowest BCUT2D eigenvalue weighted by Gasteiger charge is -2.18. The first kappa shape index (κ1) is 21.0.